The van der Waals surface area contributed by atoms with Gasteiger partial charge in [0.05, 0.1) is 11.9 Å². The van der Waals surface area contributed by atoms with Crippen molar-refractivity contribution in [3.8, 4) is 0 Å². The standard InChI is InChI=1S/C20H16FN4O/c21-17-7-3-5-15(11-17)12-24-10-4-6-16(13-24)14-25-20(26)18-8-1-2-9-19(18)22-23-25/h1-11,13H,12,14H2/q+1. The van der Waals surface area contributed by atoms with Crippen LogP contribution < -0.4 is 10.1 Å². The van der Waals surface area contributed by atoms with Crippen molar-refractivity contribution in [1.29, 1.82) is 0 Å². The normalized spacial score (nSPS) is 11.0. The first-order valence-electron chi connectivity index (χ1n) is 8.24. The summed E-state index contributed by atoms with van der Waals surface area (Å²) in [6, 6.07) is 17.5. The Morgan fingerprint density at radius 3 is 2.73 bits per heavy atom. The monoisotopic (exact) mass is 347 g/mol. The molecule has 0 saturated heterocycles. The van der Waals surface area contributed by atoms with Gasteiger partial charge in [-0.25, -0.2) is 13.6 Å². The summed E-state index contributed by atoms with van der Waals surface area (Å²) in [5, 5.41) is 8.67. The molecule has 0 N–H and O–H groups in total. The lowest BCUT2D eigenvalue weighted by Gasteiger charge is -2.05. The van der Waals surface area contributed by atoms with Crippen LogP contribution in [0.5, 0.6) is 0 Å². The number of halogens is 1. The minimum atomic E-state index is -0.253. The molecule has 2 aromatic carbocycles. The van der Waals surface area contributed by atoms with E-state index in [1.54, 1.807) is 18.2 Å². The smallest absolute Gasteiger partial charge is 0.267 e. The quantitative estimate of drug-likeness (QED) is 0.533. The Hall–Kier alpha value is -3.41. The van der Waals surface area contributed by atoms with Gasteiger partial charge in [-0.3, -0.25) is 4.79 Å². The molecule has 4 rings (SSSR count). The molecule has 0 aliphatic heterocycles. The minimum absolute atomic E-state index is 0.170. The summed E-state index contributed by atoms with van der Waals surface area (Å²) in [5.74, 6) is -0.253. The maximum Gasteiger partial charge on any atom is 0.277 e. The summed E-state index contributed by atoms with van der Waals surface area (Å²) in [7, 11) is 0. The van der Waals surface area contributed by atoms with Crippen molar-refractivity contribution in [2.45, 2.75) is 13.1 Å². The van der Waals surface area contributed by atoms with Crippen LogP contribution in [0.1, 0.15) is 11.1 Å². The third-order valence-electron chi connectivity index (χ3n) is 4.14. The number of pyridine rings is 1. The number of hydrogen-bond acceptors (Lipinski definition) is 3. The van der Waals surface area contributed by atoms with Crippen LogP contribution in [0.3, 0.4) is 0 Å². The van der Waals surface area contributed by atoms with Crippen molar-refractivity contribution in [3.05, 3.63) is 100 Å². The van der Waals surface area contributed by atoms with Gasteiger partial charge in [0.15, 0.2) is 18.9 Å². The topological polar surface area (TPSA) is 51.7 Å². The van der Waals surface area contributed by atoms with Crippen molar-refractivity contribution in [2.75, 3.05) is 0 Å². The van der Waals surface area contributed by atoms with Gasteiger partial charge in [-0.2, -0.15) is 0 Å². The van der Waals surface area contributed by atoms with Gasteiger partial charge >= 0.3 is 0 Å². The van der Waals surface area contributed by atoms with Gasteiger partial charge < -0.3 is 0 Å². The van der Waals surface area contributed by atoms with Gasteiger partial charge in [-0.15, -0.1) is 5.10 Å². The van der Waals surface area contributed by atoms with Crippen LogP contribution in [0.25, 0.3) is 10.9 Å². The van der Waals surface area contributed by atoms with E-state index >= 15 is 0 Å². The summed E-state index contributed by atoms with van der Waals surface area (Å²) in [5.41, 5.74) is 2.20. The van der Waals surface area contributed by atoms with Crippen LogP contribution in [-0.2, 0) is 13.1 Å². The van der Waals surface area contributed by atoms with Crippen LogP contribution in [0.15, 0.2) is 77.9 Å². The van der Waals surface area contributed by atoms with E-state index in [0.717, 1.165) is 11.1 Å². The maximum atomic E-state index is 13.3. The van der Waals surface area contributed by atoms with E-state index < -0.39 is 0 Å². The first-order chi connectivity index (χ1) is 12.7. The molecule has 0 saturated carbocycles. The highest BCUT2D eigenvalue weighted by Gasteiger charge is 2.09. The first kappa shape index (κ1) is 16.1. The molecular formula is C20H16FN4O+. The molecule has 0 aliphatic carbocycles. The summed E-state index contributed by atoms with van der Waals surface area (Å²) in [6.07, 6.45) is 3.83. The van der Waals surface area contributed by atoms with Crippen LogP contribution >= 0.6 is 0 Å². The highest BCUT2D eigenvalue weighted by atomic mass is 19.1. The van der Waals surface area contributed by atoms with Gasteiger partial charge in [-0.1, -0.05) is 29.5 Å². The lowest BCUT2D eigenvalue weighted by atomic mass is 10.2. The zero-order chi connectivity index (χ0) is 17.9. The largest absolute Gasteiger partial charge is 0.277 e. The van der Waals surface area contributed by atoms with E-state index in [9.17, 15) is 9.18 Å². The molecule has 5 nitrogen and oxygen atoms in total. The molecule has 2 heterocycles. The van der Waals surface area contributed by atoms with Crippen LogP contribution in [0, 0.1) is 5.82 Å². The summed E-state index contributed by atoms with van der Waals surface area (Å²) < 4.78 is 16.6. The first-order valence-corrected chi connectivity index (χ1v) is 8.24. The van der Waals surface area contributed by atoms with E-state index in [2.05, 4.69) is 10.3 Å². The number of nitrogens with zero attached hydrogens (tertiary/aromatic N) is 4. The summed E-state index contributed by atoms with van der Waals surface area (Å²) in [4.78, 5) is 12.6. The molecule has 0 fully saturated rings. The van der Waals surface area contributed by atoms with E-state index in [1.807, 2.05) is 47.3 Å². The Morgan fingerprint density at radius 2 is 1.85 bits per heavy atom. The molecule has 0 unspecified atom stereocenters. The molecule has 0 atom stereocenters. The summed E-state index contributed by atoms with van der Waals surface area (Å²) >= 11 is 0. The lowest BCUT2D eigenvalue weighted by molar-refractivity contribution is -0.688. The second-order valence-corrected chi connectivity index (χ2v) is 6.08. The zero-order valence-electron chi connectivity index (χ0n) is 13.9. The molecule has 0 aliphatic rings. The maximum absolute atomic E-state index is 13.3. The second kappa shape index (κ2) is 6.84. The molecule has 0 amide bonds. The number of hydrogen-bond donors (Lipinski definition) is 0. The number of rotatable bonds is 4. The van der Waals surface area contributed by atoms with Gasteiger partial charge in [0.25, 0.3) is 5.56 Å². The third kappa shape index (κ3) is 3.35. The Labute approximate surface area is 149 Å². The average Bonchev–Trinajstić information content (AvgIpc) is 2.65. The highest BCUT2D eigenvalue weighted by molar-refractivity contribution is 5.76. The fourth-order valence-corrected chi connectivity index (χ4v) is 2.91. The molecule has 2 aromatic heterocycles. The van der Waals surface area contributed by atoms with Gasteiger partial charge in [0.2, 0.25) is 0 Å². The molecule has 0 bridgehead atoms. The lowest BCUT2D eigenvalue weighted by Crippen LogP contribution is -2.34. The van der Waals surface area contributed by atoms with Gasteiger partial charge in [0.1, 0.15) is 11.3 Å². The number of fused-ring (bicyclic) bond motifs is 1. The second-order valence-electron chi connectivity index (χ2n) is 6.08. The summed E-state index contributed by atoms with van der Waals surface area (Å²) in [6.45, 7) is 0.866. The number of benzene rings is 2. The van der Waals surface area contributed by atoms with Crippen LogP contribution in [-0.4, -0.2) is 15.0 Å². The van der Waals surface area contributed by atoms with Crippen molar-refractivity contribution in [1.82, 2.24) is 15.0 Å². The predicted molar refractivity (Wildman–Crippen MR) is 95.0 cm³/mol. The Balaban J connectivity index is 1.61. The SMILES string of the molecule is O=c1c2ccccc2nnn1Cc1ccc[n+](Cc2cccc(F)c2)c1. The van der Waals surface area contributed by atoms with E-state index in [1.165, 1.54) is 16.8 Å². The van der Waals surface area contributed by atoms with Gasteiger partial charge in [0, 0.05) is 17.2 Å². The highest BCUT2D eigenvalue weighted by Crippen LogP contribution is 2.06. The Kier molecular flexibility index (Phi) is 4.23. The Bertz CT molecular complexity index is 1140. The molecule has 4 aromatic rings. The fraction of sp³-hybridized carbons (Fsp3) is 0.100. The molecule has 128 valence electrons. The van der Waals surface area contributed by atoms with Crippen LogP contribution in [0.2, 0.25) is 0 Å². The average molecular weight is 347 g/mol. The fourth-order valence-electron chi connectivity index (χ4n) is 2.91. The van der Waals surface area contributed by atoms with E-state index in [0.29, 0.717) is 24.0 Å². The zero-order valence-corrected chi connectivity index (χ0v) is 13.9. The molecule has 26 heavy (non-hydrogen) atoms. The van der Waals surface area contributed by atoms with E-state index in [-0.39, 0.29) is 11.4 Å². The minimum Gasteiger partial charge on any atom is -0.267 e. The van der Waals surface area contributed by atoms with Gasteiger partial charge in [-0.05, 0) is 30.3 Å². The van der Waals surface area contributed by atoms with Crippen molar-refractivity contribution < 1.29 is 8.96 Å². The van der Waals surface area contributed by atoms with Crippen molar-refractivity contribution in [2.24, 2.45) is 0 Å². The molecular weight excluding hydrogens is 331 g/mol. The van der Waals surface area contributed by atoms with Crippen LogP contribution in [0.4, 0.5) is 4.39 Å². The number of aromatic nitrogens is 4. The molecule has 0 spiro atoms. The predicted octanol–water partition coefficient (Wildman–Crippen LogP) is 2.31. The third-order valence-corrected chi connectivity index (χ3v) is 4.14. The van der Waals surface area contributed by atoms with Crippen molar-refractivity contribution >= 4 is 10.9 Å². The van der Waals surface area contributed by atoms with E-state index in [4.69, 9.17) is 0 Å². The Morgan fingerprint density at radius 1 is 1.00 bits per heavy atom. The van der Waals surface area contributed by atoms with Crippen molar-refractivity contribution in [3.63, 3.8) is 0 Å². The molecule has 6 heteroatoms. The molecule has 0 radical (unpaired) electrons.